The molecule has 1 aromatic carbocycles. The molecule has 0 radical (unpaired) electrons. The molecule has 1 aliphatic carbocycles. The van der Waals surface area contributed by atoms with Crippen LogP contribution in [0.5, 0.6) is 0 Å². The van der Waals surface area contributed by atoms with Crippen LogP contribution in [0.3, 0.4) is 0 Å². The normalized spacial score (nSPS) is 16.0. The van der Waals surface area contributed by atoms with Crippen LogP contribution in [0.4, 0.5) is 8.78 Å². The third-order valence-corrected chi connectivity index (χ3v) is 4.36. The Bertz CT molecular complexity index is 501. The summed E-state index contributed by atoms with van der Waals surface area (Å²) in [5.41, 5.74) is 5.90. The van der Waals surface area contributed by atoms with E-state index in [2.05, 4.69) is 0 Å². The second-order valence-electron chi connectivity index (χ2n) is 6.00. The molecule has 1 unspecified atom stereocenters. The highest BCUT2D eigenvalue weighted by Crippen LogP contribution is 2.27. The summed E-state index contributed by atoms with van der Waals surface area (Å²) in [4.78, 5) is 14.2. The van der Waals surface area contributed by atoms with Gasteiger partial charge in [-0.1, -0.05) is 32.3 Å². The third kappa shape index (κ3) is 4.88. The molecule has 1 aliphatic rings. The van der Waals surface area contributed by atoms with Crippen LogP contribution >= 0.6 is 12.4 Å². The number of nitrogens with two attached hydrogens (primary N) is 1. The van der Waals surface area contributed by atoms with Gasteiger partial charge in [0, 0.05) is 11.6 Å². The Morgan fingerprint density at radius 3 is 2.39 bits per heavy atom. The summed E-state index contributed by atoms with van der Waals surface area (Å²) in [5.74, 6) is -1.42. The van der Waals surface area contributed by atoms with Gasteiger partial charge in [-0.3, -0.25) is 4.79 Å². The summed E-state index contributed by atoms with van der Waals surface area (Å²) in [6, 6.07) is 3.22. The summed E-state index contributed by atoms with van der Waals surface area (Å²) in [7, 11) is 0. The van der Waals surface area contributed by atoms with Gasteiger partial charge in [-0.2, -0.15) is 0 Å². The van der Waals surface area contributed by atoms with Crippen LogP contribution in [0.25, 0.3) is 0 Å². The molecule has 1 saturated carbocycles. The summed E-state index contributed by atoms with van der Waals surface area (Å²) >= 11 is 0. The fourth-order valence-electron chi connectivity index (χ4n) is 3.10. The number of carbonyl (C=O) groups excluding carboxylic acids is 1. The lowest BCUT2D eigenvalue weighted by molar-refractivity contribution is -0.135. The number of halogens is 3. The number of nitrogens with zero attached hydrogens (tertiary/aromatic N) is 1. The SMILES string of the molecule is CCCC(N)C(=O)N(Cc1c(F)cccc1F)C1CCCC1.Cl. The van der Waals surface area contributed by atoms with Gasteiger partial charge in [0.15, 0.2) is 0 Å². The zero-order valence-corrected chi connectivity index (χ0v) is 14.2. The van der Waals surface area contributed by atoms with Crippen molar-refractivity contribution in [2.45, 2.75) is 64.1 Å². The maximum Gasteiger partial charge on any atom is 0.240 e. The summed E-state index contributed by atoms with van der Waals surface area (Å²) < 4.78 is 27.8. The summed E-state index contributed by atoms with van der Waals surface area (Å²) in [5, 5.41) is 0. The molecule has 2 rings (SSSR count). The molecule has 0 saturated heterocycles. The molecule has 0 aromatic heterocycles. The van der Waals surface area contributed by atoms with Crippen molar-refractivity contribution in [3.05, 3.63) is 35.4 Å². The predicted octanol–water partition coefficient (Wildman–Crippen LogP) is 3.79. The molecule has 1 amide bonds. The molecule has 1 fully saturated rings. The Morgan fingerprint density at radius 1 is 1.30 bits per heavy atom. The summed E-state index contributed by atoms with van der Waals surface area (Å²) in [6.07, 6.45) is 5.22. The molecular weight excluding hydrogens is 322 g/mol. The number of hydrogen-bond donors (Lipinski definition) is 1. The van der Waals surface area contributed by atoms with Gasteiger partial charge >= 0.3 is 0 Å². The number of hydrogen-bond acceptors (Lipinski definition) is 2. The molecule has 0 spiro atoms. The fourth-order valence-corrected chi connectivity index (χ4v) is 3.10. The van der Waals surface area contributed by atoms with Crippen LogP contribution in [0.1, 0.15) is 51.0 Å². The monoisotopic (exact) mass is 346 g/mol. The average molecular weight is 347 g/mol. The zero-order valence-electron chi connectivity index (χ0n) is 13.4. The first-order valence-corrected chi connectivity index (χ1v) is 8.03. The molecule has 6 heteroatoms. The minimum absolute atomic E-state index is 0. The van der Waals surface area contributed by atoms with E-state index in [-0.39, 0.29) is 36.5 Å². The molecular formula is C17H25ClF2N2O. The van der Waals surface area contributed by atoms with Gasteiger partial charge in [0.2, 0.25) is 5.91 Å². The van der Waals surface area contributed by atoms with Crippen LogP contribution < -0.4 is 5.73 Å². The first-order valence-electron chi connectivity index (χ1n) is 8.03. The van der Waals surface area contributed by atoms with Crippen molar-refractivity contribution in [3.8, 4) is 0 Å². The number of benzene rings is 1. The molecule has 0 aliphatic heterocycles. The maximum atomic E-state index is 13.9. The molecule has 23 heavy (non-hydrogen) atoms. The van der Waals surface area contributed by atoms with Gasteiger partial charge in [0.05, 0.1) is 12.6 Å². The smallest absolute Gasteiger partial charge is 0.240 e. The van der Waals surface area contributed by atoms with E-state index in [4.69, 9.17) is 5.73 Å². The molecule has 3 nitrogen and oxygen atoms in total. The third-order valence-electron chi connectivity index (χ3n) is 4.36. The lowest BCUT2D eigenvalue weighted by Gasteiger charge is -2.31. The van der Waals surface area contributed by atoms with E-state index in [1.165, 1.54) is 18.2 Å². The van der Waals surface area contributed by atoms with E-state index in [1.54, 1.807) is 4.90 Å². The highest BCUT2D eigenvalue weighted by Gasteiger charge is 2.30. The molecule has 2 N–H and O–H groups in total. The van der Waals surface area contributed by atoms with Gasteiger partial charge in [-0.15, -0.1) is 12.4 Å². The molecule has 130 valence electrons. The van der Waals surface area contributed by atoms with Crippen LogP contribution in [-0.2, 0) is 11.3 Å². The number of carbonyl (C=O) groups is 1. The van der Waals surface area contributed by atoms with Crippen molar-refractivity contribution in [2.24, 2.45) is 5.73 Å². The Balaban J connectivity index is 0.00000264. The number of amides is 1. The second-order valence-corrected chi connectivity index (χ2v) is 6.00. The van der Waals surface area contributed by atoms with Crippen molar-refractivity contribution < 1.29 is 13.6 Å². The van der Waals surface area contributed by atoms with Crippen molar-refractivity contribution in [3.63, 3.8) is 0 Å². The minimum atomic E-state index is -0.611. The average Bonchev–Trinajstić information content (AvgIpc) is 3.00. The standard InChI is InChI=1S/C17H24F2N2O.ClH/c1-2-6-16(20)17(22)21(12-7-3-4-8-12)11-13-14(18)9-5-10-15(13)19;/h5,9-10,12,16H,2-4,6-8,11,20H2,1H3;1H. The van der Waals surface area contributed by atoms with Crippen molar-refractivity contribution in [1.29, 1.82) is 0 Å². The van der Waals surface area contributed by atoms with Crippen molar-refractivity contribution >= 4 is 18.3 Å². The fraction of sp³-hybridized carbons (Fsp3) is 0.588. The van der Waals surface area contributed by atoms with Crippen molar-refractivity contribution in [2.75, 3.05) is 0 Å². The molecule has 1 aromatic rings. The topological polar surface area (TPSA) is 46.3 Å². The van der Waals surface area contributed by atoms with Gasteiger partial charge in [0.25, 0.3) is 0 Å². The van der Waals surface area contributed by atoms with Crippen LogP contribution in [0.2, 0.25) is 0 Å². The Hall–Kier alpha value is -1.20. The van der Waals surface area contributed by atoms with E-state index < -0.39 is 17.7 Å². The van der Waals surface area contributed by atoms with Gasteiger partial charge < -0.3 is 10.6 Å². The van der Waals surface area contributed by atoms with Crippen LogP contribution in [-0.4, -0.2) is 22.9 Å². The lowest BCUT2D eigenvalue weighted by Crippen LogP contribution is -2.47. The van der Waals surface area contributed by atoms with E-state index >= 15 is 0 Å². The van der Waals surface area contributed by atoms with E-state index in [0.717, 1.165) is 32.1 Å². The molecule has 0 heterocycles. The lowest BCUT2D eigenvalue weighted by atomic mass is 10.1. The Kier molecular flexibility index (Phi) is 7.92. The zero-order chi connectivity index (χ0) is 16.1. The Morgan fingerprint density at radius 2 is 1.87 bits per heavy atom. The first kappa shape index (κ1) is 19.8. The minimum Gasteiger partial charge on any atom is -0.334 e. The quantitative estimate of drug-likeness (QED) is 0.852. The second kappa shape index (κ2) is 9.18. The van der Waals surface area contributed by atoms with E-state index in [0.29, 0.717) is 6.42 Å². The number of rotatable bonds is 6. The van der Waals surface area contributed by atoms with Gasteiger partial charge in [-0.25, -0.2) is 8.78 Å². The molecule has 0 bridgehead atoms. The highest BCUT2D eigenvalue weighted by molar-refractivity contribution is 5.85. The summed E-state index contributed by atoms with van der Waals surface area (Å²) in [6.45, 7) is 1.92. The largest absolute Gasteiger partial charge is 0.334 e. The molecule has 1 atom stereocenters. The van der Waals surface area contributed by atoms with E-state index in [9.17, 15) is 13.6 Å². The Labute approximate surface area is 142 Å². The highest BCUT2D eigenvalue weighted by atomic mass is 35.5. The first-order chi connectivity index (χ1) is 10.5. The van der Waals surface area contributed by atoms with Crippen LogP contribution in [0, 0.1) is 11.6 Å². The van der Waals surface area contributed by atoms with Gasteiger partial charge in [0.1, 0.15) is 11.6 Å². The van der Waals surface area contributed by atoms with E-state index in [1.807, 2.05) is 6.92 Å². The van der Waals surface area contributed by atoms with Gasteiger partial charge in [-0.05, 0) is 31.4 Å². The predicted molar refractivity (Wildman–Crippen MR) is 89.3 cm³/mol. The maximum absolute atomic E-state index is 13.9. The van der Waals surface area contributed by atoms with Crippen LogP contribution in [0.15, 0.2) is 18.2 Å². The van der Waals surface area contributed by atoms with Crippen molar-refractivity contribution in [1.82, 2.24) is 4.90 Å².